The first kappa shape index (κ1) is 10.3. The highest BCUT2D eigenvalue weighted by Gasteiger charge is 2.05. The second kappa shape index (κ2) is 6.08. The monoisotopic (exact) mass is 155 g/mol. The molecular formula is C9H15O2. The molecule has 0 saturated carbocycles. The van der Waals surface area contributed by atoms with Crippen molar-refractivity contribution >= 4 is 12.1 Å². The van der Waals surface area contributed by atoms with Gasteiger partial charge in [-0.15, -0.1) is 0 Å². The standard InChI is InChI=1S/C9H15O2/c1-8(2)9(11)6-4-3-5-7-10/h8H,3-6H2,1-2H3. The fourth-order valence-electron chi connectivity index (χ4n) is 0.785. The van der Waals surface area contributed by atoms with Crippen molar-refractivity contribution in [3.8, 4) is 0 Å². The van der Waals surface area contributed by atoms with E-state index in [9.17, 15) is 9.59 Å². The molecule has 0 aliphatic heterocycles. The van der Waals surface area contributed by atoms with Crippen LogP contribution in [0.3, 0.4) is 0 Å². The molecule has 0 aromatic heterocycles. The summed E-state index contributed by atoms with van der Waals surface area (Å²) < 4.78 is 0. The SMILES string of the molecule is CC(C)C(=O)CCCC[C]=O. The highest BCUT2D eigenvalue weighted by Crippen LogP contribution is 2.04. The van der Waals surface area contributed by atoms with E-state index < -0.39 is 0 Å². The van der Waals surface area contributed by atoms with Crippen LogP contribution in [0.4, 0.5) is 0 Å². The Morgan fingerprint density at radius 2 is 2.00 bits per heavy atom. The minimum atomic E-state index is 0.134. The molecule has 0 heterocycles. The predicted octanol–water partition coefficient (Wildman–Crippen LogP) is 1.88. The van der Waals surface area contributed by atoms with Gasteiger partial charge in [-0.25, -0.2) is 0 Å². The van der Waals surface area contributed by atoms with E-state index in [2.05, 4.69) is 0 Å². The van der Waals surface area contributed by atoms with Gasteiger partial charge in [0.05, 0.1) is 0 Å². The lowest BCUT2D eigenvalue weighted by Crippen LogP contribution is -2.05. The molecule has 0 aliphatic carbocycles. The normalized spacial score (nSPS) is 10.1. The largest absolute Gasteiger partial charge is 0.299 e. The van der Waals surface area contributed by atoms with Crippen LogP contribution in [-0.2, 0) is 9.59 Å². The quantitative estimate of drug-likeness (QED) is 0.549. The summed E-state index contributed by atoms with van der Waals surface area (Å²) in [5.41, 5.74) is 0. The molecule has 2 heteroatoms. The van der Waals surface area contributed by atoms with E-state index in [0.717, 1.165) is 12.8 Å². The zero-order valence-corrected chi connectivity index (χ0v) is 7.22. The summed E-state index contributed by atoms with van der Waals surface area (Å²) in [6, 6.07) is 0. The first-order valence-electron chi connectivity index (χ1n) is 4.06. The van der Waals surface area contributed by atoms with E-state index in [1.54, 1.807) is 0 Å². The summed E-state index contributed by atoms with van der Waals surface area (Å²) in [5, 5.41) is 0. The van der Waals surface area contributed by atoms with Gasteiger partial charge in [0.1, 0.15) is 5.78 Å². The molecule has 0 unspecified atom stereocenters. The van der Waals surface area contributed by atoms with E-state index in [1.807, 2.05) is 20.1 Å². The van der Waals surface area contributed by atoms with Crippen LogP contribution in [0.2, 0.25) is 0 Å². The lowest BCUT2D eigenvalue weighted by atomic mass is 10.0. The van der Waals surface area contributed by atoms with Gasteiger partial charge in [0, 0.05) is 18.8 Å². The Kier molecular flexibility index (Phi) is 5.71. The Morgan fingerprint density at radius 3 is 2.45 bits per heavy atom. The summed E-state index contributed by atoms with van der Waals surface area (Å²) in [5.74, 6) is 0.422. The van der Waals surface area contributed by atoms with Gasteiger partial charge in [0.2, 0.25) is 0 Å². The third kappa shape index (κ3) is 5.77. The van der Waals surface area contributed by atoms with Crippen molar-refractivity contribution in [1.82, 2.24) is 0 Å². The summed E-state index contributed by atoms with van der Waals surface area (Å²) in [4.78, 5) is 20.8. The van der Waals surface area contributed by atoms with E-state index in [1.165, 1.54) is 0 Å². The molecular weight excluding hydrogens is 140 g/mol. The molecule has 11 heavy (non-hydrogen) atoms. The van der Waals surface area contributed by atoms with Gasteiger partial charge in [0.15, 0.2) is 6.29 Å². The fraction of sp³-hybridized carbons (Fsp3) is 0.778. The Balaban J connectivity index is 3.24. The first-order chi connectivity index (χ1) is 5.18. The van der Waals surface area contributed by atoms with Crippen molar-refractivity contribution in [3.05, 3.63) is 0 Å². The van der Waals surface area contributed by atoms with E-state index in [0.29, 0.717) is 12.8 Å². The van der Waals surface area contributed by atoms with Gasteiger partial charge in [-0.1, -0.05) is 13.8 Å². The van der Waals surface area contributed by atoms with Crippen LogP contribution in [0.15, 0.2) is 0 Å². The summed E-state index contributed by atoms with van der Waals surface area (Å²) in [6.45, 7) is 3.79. The van der Waals surface area contributed by atoms with Crippen LogP contribution in [0, 0.1) is 5.92 Å². The Morgan fingerprint density at radius 1 is 1.36 bits per heavy atom. The molecule has 0 bridgehead atoms. The van der Waals surface area contributed by atoms with Crippen molar-refractivity contribution in [1.29, 1.82) is 0 Å². The van der Waals surface area contributed by atoms with Gasteiger partial charge in [0.25, 0.3) is 0 Å². The topological polar surface area (TPSA) is 34.1 Å². The molecule has 0 aromatic carbocycles. The first-order valence-corrected chi connectivity index (χ1v) is 4.06. The molecule has 0 aromatic rings. The van der Waals surface area contributed by atoms with Crippen LogP contribution in [-0.4, -0.2) is 12.1 Å². The fourth-order valence-corrected chi connectivity index (χ4v) is 0.785. The highest BCUT2D eigenvalue weighted by atomic mass is 16.1. The average molecular weight is 155 g/mol. The van der Waals surface area contributed by atoms with Gasteiger partial charge >= 0.3 is 0 Å². The van der Waals surface area contributed by atoms with Gasteiger partial charge in [-0.3, -0.25) is 9.59 Å². The molecule has 2 nitrogen and oxygen atoms in total. The Hall–Kier alpha value is -0.660. The minimum Gasteiger partial charge on any atom is -0.299 e. The van der Waals surface area contributed by atoms with Crippen molar-refractivity contribution in [2.75, 3.05) is 0 Å². The maximum absolute atomic E-state index is 11.0. The average Bonchev–Trinajstić information content (AvgIpc) is 1.97. The van der Waals surface area contributed by atoms with Gasteiger partial charge in [-0.2, -0.15) is 0 Å². The molecule has 0 fully saturated rings. The number of hydrogen-bond donors (Lipinski definition) is 0. The maximum Gasteiger partial charge on any atom is 0.198 e. The maximum atomic E-state index is 11.0. The summed E-state index contributed by atoms with van der Waals surface area (Å²) >= 11 is 0. The second-order valence-electron chi connectivity index (χ2n) is 2.97. The van der Waals surface area contributed by atoms with Crippen LogP contribution in [0.25, 0.3) is 0 Å². The molecule has 0 saturated heterocycles. The number of hydrogen-bond acceptors (Lipinski definition) is 2. The van der Waals surface area contributed by atoms with Crippen molar-refractivity contribution in [2.45, 2.75) is 39.5 Å². The third-order valence-electron chi connectivity index (χ3n) is 1.60. The zero-order valence-electron chi connectivity index (χ0n) is 7.22. The number of unbranched alkanes of at least 4 members (excludes halogenated alkanes) is 2. The van der Waals surface area contributed by atoms with E-state index >= 15 is 0 Å². The number of carbonyl (C=O) groups is 1. The number of Topliss-reactive ketones (excluding diaryl/α,β-unsaturated/α-hetero) is 1. The lowest BCUT2D eigenvalue weighted by Gasteiger charge is -2.01. The second-order valence-corrected chi connectivity index (χ2v) is 2.97. The lowest BCUT2D eigenvalue weighted by molar-refractivity contribution is -0.122. The Bertz CT molecular complexity index is 128. The van der Waals surface area contributed by atoms with Crippen molar-refractivity contribution in [2.24, 2.45) is 5.92 Å². The summed E-state index contributed by atoms with van der Waals surface area (Å²) in [7, 11) is 0. The van der Waals surface area contributed by atoms with E-state index in [4.69, 9.17) is 0 Å². The smallest absolute Gasteiger partial charge is 0.198 e. The molecule has 0 amide bonds. The van der Waals surface area contributed by atoms with E-state index in [-0.39, 0.29) is 11.7 Å². The number of ketones is 1. The zero-order chi connectivity index (χ0) is 8.69. The van der Waals surface area contributed by atoms with Gasteiger partial charge in [-0.05, 0) is 12.8 Å². The third-order valence-corrected chi connectivity index (χ3v) is 1.60. The Labute approximate surface area is 68.0 Å². The van der Waals surface area contributed by atoms with Crippen molar-refractivity contribution < 1.29 is 9.59 Å². The predicted molar refractivity (Wildman–Crippen MR) is 44.0 cm³/mol. The molecule has 0 N–H and O–H groups in total. The number of carbonyl (C=O) groups excluding carboxylic acids is 2. The molecule has 0 aliphatic rings. The summed E-state index contributed by atoms with van der Waals surface area (Å²) in [6.07, 6.45) is 4.50. The van der Waals surface area contributed by atoms with Crippen LogP contribution >= 0.6 is 0 Å². The van der Waals surface area contributed by atoms with Crippen molar-refractivity contribution in [3.63, 3.8) is 0 Å². The minimum absolute atomic E-state index is 0.134. The molecule has 0 rings (SSSR count). The molecule has 1 radical (unpaired) electrons. The molecule has 63 valence electrons. The van der Waals surface area contributed by atoms with Crippen LogP contribution in [0.5, 0.6) is 0 Å². The molecule has 0 atom stereocenters. The number of rotatable bonds is 6. The van der Waals surface area contributed by atoms with Gasteiger partial charge < -0.3 is 0 Å². The van der Waals surface area contributed by atoms with Crippen LogP contribution < -0.4 is 0 Å². The molecule has 0 spiro atoms. The highest BCUT2D eigenvalue weighted by molar-refractivity contribution is 5.80. The van der Waals surface area contributed by atoms with Crippen LogP contribution in [0.1, 0.15) is 39.5 Å².